The van der Waals surface area contributed by atoms with Gasteiger partial charge in [-0.25, -0.2) is 0 Å². The summed E-state index contributed by atoms with van der Waals surface area (Å²) >= 11 is 2.12. The number of ether oxygens (including phenoxy) is 1. The van der Waals surface area contributed by atoms with Crippen molar-refractivity contribution in [1.29, 1.82) is 0 Å². The maximum atomic E-state index is 12.0. The van der Waals surface area contributed by atoms with Gasteiger partial charge in [0.1, 0.15) is 6.54 Å². The van der Waals surface area contributed by atoms with Crippen molar-refractivity contribution < 1.29 is 23.8 Å². The molecule has 2 amide bonds. The largest absolute Gasteiger partial charge is 0.477 e. The number of para-hydroxylation sites is 2. The highest BCUT2D eigenvalue weighted by Crippen LogP contribution is 2.25. The molecule has 3 aromatic rings. The lowest BCUT2D eigenvalue weighted by atomic mass is 10.3. The summed E-state index contributed by atoms with van der Waals surface area (Å²) in [5, 5.41) is 23.8. The summed E-state index contributed by atoms with van der Waals surface area (Å²) in [6.07, 6.45) is 3.47. The Bertz CT molecular complexity index is 1080. The molecule has 0 saturated carbocycles. The van der Waals surface area contributed by atoms with Crippen molar-refractivity contribution in [1.82, 2.24) is 30.6 Å². The molecule has 0 aliphatic heterocycles. The van der Waals surface area contributed by atoms with E-state index >= 15 is 0 Å². The zero-order valence-corrected chi connectivity index (χ0v) is 18.0. The minimum Gasteiger partial charge on any atom is -0.477 e. The number of amides is 2. The Kier molecular flexibility index (Phi) is 7.47. The second kappa shape index (κ2) is 10.5. The molecule has 1 aromatic carbocycles. The lowest BCUT2D eigenvalue weighted by Crippen LogP contribution is -2.36. The minimum absolute atomic E-state index is 0.00651. The van der Waals surface area contributed by atoms with Gasteiger partial charge in [0.15, 0.2) is 18.2 Å². The molecule has 0 saturated heterocycles. The smallest absolute Gasteiger partial charge is 0.316 e. The molecule has 0 unspecified atom stereocenters. The van der Waals surface area contributed by atoms with Crippen LogP contribution in [0.4, 0.5) is 5.69 Å². The molecule has 0 aliphatic carbocycles. The third kappa shape index (κ3) is 6.46. The van der Waals surface area contributed by atoms with E-state index in [1.807, 2.05) is 0 Å². The molecule has 14 heteroatoms. The average molecular weight is 541 g/mol. The Labute approximate surface area is 188 Å². The predicted molar refractivity (Wildman–Crippen MR) is 112 cm³/mol. The van der Waals surface area contributed by atoms with Gasteiger partial charge in [-0.05, 0) is 28.7 Å². The van der Waals surface area contributed by atoms with Crippen LogP contribution in [0.2, 0.25) is 0 Å². The topological polar surface area (TPSA) is 167 Å². The van der Waals surface area contributed by atoms with Crippen LogP contribution in [-0.2, 0) is 11.3 Å². The van der Waals surface area contributed by atoms with E-state index in [0.717, 1.165) is 3.57 Å². The van der Waals surface area contributed by atoms with Gasteiger partial charge in [-0.1, -0.05) is 17.3 Å². The summed E-state index contributed by atoms with van der Waals surface area (Å²) < 4.78 is 12.7. The Morgan fingerprint density at radius 3 is 2.77 bits per heavy atom. The van der Waals surface area contributed by atoms with Crippen LogP contribution in [0.1, 0.15) is 16.5 Å². The number of halogens is 1. The fourth-order valence-corrected chi connectivity index (χ4v) is 2.80. The number of carbonyl (C=O) groups excluding carboxylic acids is 2. The quantitative estimate of drug-likeness (QED) is 0.163. The molecule has 0 bridgehead atoms. The van der Waals surface area contributed by atoms with Crippen LogP contribution in [0.15, 0.2) is 41.2 Å². The van der Waals surface area contributed by atoms with Crippen molar-refractivity contribution in [2.24, 2.45) is 0 Å². The second-order valence-electron chi connectivity index (χ2n) is 5.99. The number of nitrogens with zero attached hydrogens (tertiary/aromatic N) is 5. The van der Waals surface area contributed by atoms with Crippen LogP contribution in [-0.4, -0.2) is 56.4 Å². The third-order valence-electron chi connectivity index (χ3n) is 3.72. The first-order chi connectivity index (χ1) is 14.9. The highest BCUT2D eigenvalue weighted by molar-refractivity contribution is 14.1. The highest BCUT2D eigenvalue weighted by Gasteiger charge is 2.16. The van der Waals surface area contributed by atoms with Crippen LogP contribution in [0.5, 0.6) is 5.75 Å². The Morgan fingerprint density at radius 2 is 2.03 bits per heavy atom. The third-order valence-corrected chi connectivity index (χ3v) is 4.28. The number of hydrogen-bond donors (Lipinski definition) is 2. The number of benzene rings is 1. The predicted octanol–water partition coefficient (Wildman–Crippen LogP) is 0.752. The summed E-state index contributed by atoms with van der Waals surface area (Å²) in [6.45, 7) is 0.0657. The van der Waals surface area contributed by atoms with Gasteiger partial charge in [0.2, 0.25) is 0 Å². The molecule has 0 aliphatic rings. The molecule has 0 atom stereocenters. The van der Waals surface area contributed by atoms with Gasteiger partial charge in [-0.15, -0.1) is 0 Å². The van der Waals surface area contributed by atoms with E-state index in [0.29, 0.717) is 5.82 Å². The Morgan fingerprint density at radius 1 is 1.26 bits per heavy atom. The molecule has 31 heavy (non-hydrogen) atoms. The highest BCUT2D eigenvalue weighted by atomic mass is 127. The van der Waals surface area contributed by atoms with E-state index in [9.17, 15) is 19.7 Å². The first kappa shape index (κ1) is 22.1. The normalized spacial score (nSPS) is 10.5. The van der Waals surface area contributed by atoms with Crippen molar-refractivity contribution in [3.63, 3.8) is 0 Å². The number of hydrogen-bond acceptors (Lipinski definition) is 9. The number of nitro benzene ring substituents is 1. The van der Waals surface area contributed by atoms with E-state index in [-0.39, 0.29) is 37.0 Å². The van der Waals surface area contributed by atoms with Crippen molar-refractivity contribution in [2.45, 2.75) is 6.54 Å². The molecule has 162 valence electrons. The van der Waals surface area contributed by atoms with Gasteiger partial charge in [0, 0.05) is 25.4 Å². The van der Waals surface area contributed by atoms with Crippen LogP contribution >= 0.6 is 22.6 Å². The molecule has 13 nitrogen and oxygen atoms in total. The fourth-order valence-electron chi connectivity index (χ4n) is 2.36. The van der Waals surface area contributed by atoms with Crippen LogP contribution in [0.3, 0.4) is 0 Å². The lowest BCUT2D eigenvalue weighted by Gasteiger charge is -2.08. The molecule has 0 radical (unpaired) electrons. The van der Waals surface area contributed by atoms with Crippen molar-refractivity contribution in [2.75, 3.05) is 19.7 Å². The SMILES string of the molecule is O=C(COc1ccccc1[N+](=O)[O-])NCCNC(=O)c1nc(Cn2cc(I)cn2)no1. The summed E-state index contributed by atoms with van der Waals surface area (Å²) in [4.78, 5) is 38.2. The molecule has 2 aromatic heterocycles. The van der Waals surface area contributed by atoms with Gasteiger partial charge >= 0.3 is 17.5 Å². The van der Waals surface area contributed by atoms with Crippen LogP contribution < -0.4 is 15.4 Å². The molecule has 3 rings (SSSR count). The number of rotatable bonds is 10. The van der Waals surface area contributed by atoms with E-state index in [1.54, 1.807) is 23.1 Å². The maximum absolute atomic E-state index is 12.0. The maximum Gasteiger partial charge on any atom is 0.316 e. The second-order valence-corrected chi connectivity index (χ2v) is 7.24. The zero-order valence-electron chi connectivity index (χ0n) is 15.9. The zero-order chi connectivity index (χ0) is 22.2. The van der Waals surface area contributed by atoms with Crippen LogP contribution in [0.25, 0.3) is 0 Å². The van der Waals surface area contributed by atoms with Gasteiger partial charge in [-0.3, -0.25) is 24.4 Å². The van der Waals surface area contributed by atoms with Crippen LogP contribution in [0, 0.1) is 13.7 Å². The standard InChI is InChI=1S/C17H16IN7O6/c18-11-7-21-24(8-11)9-14-22-17(31-23-14)16(27)20-6-5-19-15(26)10-30-13-4-2-1-3-12(13)25(28)29/h1-4,7-8H,5-6,9-10H2,(H,19,26)(H,20,27). The summed E-state index contributed by atoms with van der Waals surface area (Å²) in [5.41, 5.74) is -0.233. The average Bonchev–Trinajstić information content (AvgIpc) is 3.38. The van der Waals surface area contributed by atoms with Crippen molar-refractivity contribution >= 4 is 40.1 Å². The summed E-state index contributed by atoms with van der Waals surface area (Å²) in [6, 6.07) is 5.74. The van der Waals surface area contributed by atoms with Gasteiger partial charge < -0.3 is 19.9 Å². The molecule has 0 spiro atoms. The van der Waals surface area contributed by atoms with Gasteiger partial charge in [0.05, 0.1) is 14.7 Å². The molecule has 0 fully saturated rings. The monoisotopic (exact) mass is 541 g/mol. The van der Waals surface area contributed by atoms with Crippen molar-refractivity contribution in [3.8, 4) is 5.75 Å². The summed E-state index contributed by atoms with van der Waals surface area (Å²) in [5.74, 6) is -0.999. The number of nitrogens with one attached hydrogen (secondary N) is 2. The first-order valence-electron chi connectivity index (χ1n) is 8.84. The minimum atomic E-state index is -0.596. The van der Waals surface area contributed by atoms with E-state index in [2.05, 4.69) is 48.5 Å². The van der Waals surface area contributed by atoms with E-state index < -0.39 is 23.3 Å². The van der Waals surface area contributed by atoms with Gasteiger partial charge in [0.25, 0.3) is 5.91 Å². The van der Waals surface area contributed by atoms with Gasteiger partial charge in [-0.2, -0.15) is 10.1 Å². The molecular weight excluding hydrogens is 525 g/mol. The summed E-state index contributed by atoms with van der Waals surface area (Å²) in [7, 11) is 0. The van der Waals surface area contributed by atoms with E-state index in [1.165, 1.54) is 18.2 Å². The molecule has 2 heterocycles. The Balaban J connectivity index is 1.37. The van der Waals surface area contributed by atoms with Crippen molar-refractivity contribution in [3.05, 3.63) is 62.1 Å². The Hall–Kier alpha value is -3.56. The first-order valence-corrected chi connectivity index (χ1v) is 9.92. The molecular formula is C17H16IN7O6. The number of nitro groups is 1. The van der Waals surface area contributed by atoms with E-state index in [4.69, 9.17) is 9.26 Å². The molecule has 2 N–H and O–H groups in total. The number of aromatic nitrogens is 4. The lowest BCUT2D eigenvalue weighted by molar-refractivity contribution is -0.385. The fraction of sp³-hybridized carbons (Fsp3) is 0.235. The number of carbonyl (C=O) groups is 2.